The van der Waals surface area contributed by atoms with E-state index in [1.807, 2.05) is 0 Å². The maximum Gasteiger partial charge on any atom is 0.534 e. The molecule has 3 rings (SSSR count). The number of benzene rings is 1. The SMILES string of the molecule is COC(=O)CC1CCn2c1cc1c(S(C)(=O)=O)cc(OS(=O)(=O)C(F)(F)F)cc12. The van der Waals surface area contributed by atoms with E-state index in [1.54, 1.807) is 4.57 Å². The molecule has 1 aromatic carbocycles. The quantitative estimate of drug-likeness (QED) is 0.387. The van der Waals surface area contributed by atoms with Gasteiger partial charge in [0.2, 0.25) is 0 Å². The Morgan fingerprint density at radius 1 is 1.21 bits per heavy atom. The minimum absolute atomic E-state index is 0.0485. The number of fused-ring (bicyclic) bond motifs is 3. The highest BCUT2D eigenvalue weighted by molar-refractivity contribution is 7.91. The van der Waals surface area contributed by atoms with E-state index in [1.165, 1.54) is 13.2 Å². The maximum absolute atomic E-state index is 12.7. The van der Waals surface area contributed by atoms with Crippen molar-refractivity contribution in [2.45, 2.75) is 35.7 Å². The van der Waals surface area contributed by atoms with Gasteiger partial charge in [-0.1, -0.05) is 0 Å². The predicted molar refractivity (Wildman–Crippen MR) is 94.6 cm³/mol. The molecule has 0 N–H and O–H groups in total. The number of methoxy groups -OCH3 is 1. The van der Waals surface area contributed by atoms with Crippen LogP contribution < -0.4 is 4.18 Å². The summed E-state index contributed by atoms with van der Waals surface area (Å²) in [4.78, 5) is 11.2. The van der Waals surface area contributed by atoms with E-state index in [2.05, 4.69) is 8.92 Å². The Labute approximate surface area is 164 Å². The number of hydrogen-bond acceptors (Lipinski definition) is 7. The molecule has 1 atom stereocenters. The van der Waals surface area contributed by atoms with Crippen LogP contribution in [-0.2, 0) is 36.0 Å². The van der Waals surface area contributed by atoms with Crippen molar-refractivity contribution in [3.8, 4) is 5.75 Å². The lowest BCUT2D eigenvalue weighted by Crippen LogP contribution is -2.28. The second-order valence-corrected chi connectivity index (χ2v) is 10.1. The average molecular weight is 455 g/mol. The number of aromatic nitrogens is 1. The molecule has 0 radical (unpaired) electrons. The van der Waals surface area contributed by atoms with Crippen molar-refractivity contribution in [2.75, 3.05) is 13.4 Å². The molecule has 1 aromatic heterocycles. The molecule has 1 unspecified atom stereocenters. The summed E-state index contributed by atoms with van der Waals surface area (Å²) in [5.74, 6) is -1.50. The van der Waals surface area contributed by atoms with E-state index in [0.717, 1.165) is 18.4 Å². The summed E-state index contributed by atoms with van der Waals surface area (Å²) in [6.07, 6.45) is 1.42. The summed E-state index contributed by atoms with van der Waals surface area (Å²) < 4.78 is 95.4. The second-order valence-electron chi connectivity index (χ2n) is 6.60. The van der Waals surface area contributed by atoms with E-state index in [0.29, 0.717) is 18.7 Å². The first-order valence-corrected chi connectivity index (χ1v) is 11.5. The zero-order valence-electron chi connectivity index (χ0n) is 15.2. The Balaban J connectivity index is 2.18. The Hall–Kier alpha value is -2.28. The lowest BCUT2D eigenvalue weighted by molar-refractivity contribution is -0.141. The molecule has 2 heterocycles. The largest absolute Gasteiger partial charge is 0.534 e. The number of sulfone groups is 1. The van der Waals surface area contributed by atoms with Gasteiger partial charge < -0.3 is 13.5 Å². The number of alkyl halides is 3. The van der Waals surface area contributed by atoms with Crippen LogP contribution in [-0.4, -0.2) is 46.2 Å². The van der Waals surface area contributed by atoms with Crippen molar-refractivity contribution in [3.05, 3.63) is 23.9 Å². The molecule has 0 bridgehead atoms. The van der Waals surface area contributed by atoms with Crippen LogP contribution in [0.2, 0.25) is 0 Å². The van der Waals surface area contributed by atoms with Crippen LogP contribution >= 0.6 is 0 Å². The monoisotopic (exact) mass is 455 g/mol. The van der Waals surface area contributed by atoms with E-state index in [9.17, 15) is 34.8 Å². The van der Waals surface area contributed by atoms with Gasteiger partial charge in [-0.05, 0) is 12.5 Å². The zero-order valence-corrected chi connectivity index (χ0v) is 16.8. The van der Waals surface area contributed by atoms with Crippen LogP contribution in [0.5, 0.6) is 5.75 Å². The van der Waals surface area contributed by atoms with Gasteiger partial charge in [-0.15, -0.1) is 0 Å². The minimum atomic E-state index is -5.97. The van der Waals surface area contributed by atoms with E-state index in [-0.39, 0.29) is 28.1 Å². The Kier molecular flexibility index (Phi) is 5.10. The van der Waals surface area contributed by atoms with Gasteiger partial charge in [-0.3, -0.25) is 4.79 Å². The number of nitrogens with zero attached hydrogens (tertiary/aromatic N) is 1. The van der Waals surface area contributed by atoms with Crippen LogP contribution in [0, 0.1) is 0 Å². The number of aryl methyl sites for hydroxylation is 1. The summed E-state index contributed by atoms with van der Waals surface area (Å²) in [6.45, 7) is 0.360. The topological polar surface area (TPSA) is 109 Å². The summed E-state index contributed by atoms with van der Waals surface area (Å²) in [5.41, 5.74) is -4.87. The van der Waals surface area contributed by atoms with Gasteiger partial charge in [-0.25, -0.2) is 8.42 Å². The van der Waals surface area contributed by atoms with Gasteiger partial charge in [0.15, 0.2) is 9.84 Å². The number of halogens is 3. The standard InChI is InChI=1S/C16H16F3NO7S2/c1-26-15(21)5-9-3-4-20-12(9)8-11-13(20)6-10(7-14(11)28(2,22)23)27-29(24,25)16(17,18)19/h6-9H,3-5H2,1-2H3. The molecule has 1 aliphatic heterocycles. The van der Waals surface area contributed by atoms with Crippen molar-refractivity contribution < 1.29 is 43.7 Å². The molecular formula is C16H16F3NO7S2. The first kappa shape index (κ1) is 21.4. The first-order valence-electron chi connectivity index (χ1n) is 8.19. The lowest BCUT2D eigenvalue weighted by atomic mass is 10.0. The normalized spacial score (nSPS) is 17.3. The van der Waals surface area contributed by atoms with Gasteiger partial charge in [-0.2, -0.15) is 21.6 Å². The number of hydrogen-bond donors (Lipinski definition) is 0. The third-order valence-electron chi connectivity index (χ3n) is 4.64. The first-order chi connectivity index (χ1) is 13.2. The van der Waals surface area contributed by atoms with Crippen LogP contribution in [0.25, 0.3) is 10.9 Å². The molecule has 13 heteroatoms. The third kappa shape index (κ3) is 3.92. The fourth-order valence-corrected chi connectivity index (χ4v) is 4.70. The molecule has 0 saturated carbocycles. The molecular weight excluding hydrogens is 439 g/mol. The Morgan fingerprint density at radius 2 is 1.86 bits per heavy atom. The van der Waals surface area contributed by atoms with Gasteiger partial charge in [0, 0.05) is 41.9 Å². The number of rotatable bonds is 5. The zero-order chi connectivity index (χ0) is 21.8. The van der Waals surface area contributed by atoms with Crippen LogP contribution in [0.4, 0.5) is 13.2 Å². The van der Waals surface area contributed by atoms with Crippen molar-refractivity contribution in [1.29, 1.82) is 0 Å². The number of carbonyl (C=O) groups is 1. The molecule has 2 aromatic rings. The Morgan fingerprint density at radius 3 is 2.41 bits per heavy atom. The molecule has 8 nitrogen and oxygen atoms in total. The highest BCUT2D eigenvalue weighted by atomic mass is 32.2. The van der Waals surface area contributed by atoms with Crippen LogP contribution in [0.3, 0.4) is 0 Å². The second kappa shape index (κ2) is 6.90. The van der Waals surface area contributed by atoms with Crippen molar-refractivity contribution in [3.63, 3.8) is 0 Å². The molecule has 0 aliphatic carbocycles. The minimum Gasteiger partial charge on any atom is -0.469 e. The molecule has 160 valence electrons. The van der Waals surface area contributed by atoms with Crippen molar-refractivity contribution in [1.82, 2.24) is 4.57 Å². The molecule has 1 aliphatic rings. The number of carbonyl (C=O) groups excluding carboxylic acids is 1. The van der Waals surface area contributed by atoms with Crippen LogP contribution in [0.15, 0.2) is 23.1 Å². The maximum atomic E-state index is 12.7. The average Bonchev–Trinajstić information content (AvgIpc) is 3.12. The molecule has 0 spiro atoms. The smallest absolute Gasteiger partial charge is 0.469 e. The van der Waals surface area contributed by atoms with Crippen molar-refractivity contribution in [2.24, 2.45) is 0 Å². The van der Waals surface area contributed by atoms with Gasteiger partial charge in [0.05, 0.1) is 23.9 Å². The fraction of sp³-hybridized carbons (Fsp3) is 0.438. The van der Waals surface area contributed by atoms with E-state index in [4.69, 9.17) is 0 Å². The van der Waals surface area contributed by atoms with Gasteiger partial charge in [0.1, 0.15) is 5.75 Å². The molecule has 0 fully saturated rings. The lowest BCUT2D eigenvalue weighted by Gasteiger charge is -2.12. The highest BCUT2D eigenvalue weighted by Crippen LogP contribution is 2.40. The van der Waals surface area contributed by atoms with Crippen LogP contribution in [0.1, 0.15) is 24.5 Å². The molecule has 0 amide bonds. The molecule has 0 saturated heterocycles. The third-order valence-corrected chi connectivity index (χ3v) is 6.75. The Bertz CT molecular complexity index is 1200. The van der Waals surface area contributed by atoms with E-state index < -0.39 is 37.2 Å². The number of esters is 1. The predicted octanol–water partition coefficient (Wildman–Crippen LogP) is 2.32. The van der Waals surface area contributed by atoms with E-state index >= 15 is 0 Å². The summed E-state index contributed by atoms with van der Waals surface area (Å²) in [5, 5.41) is 0.203. The number of ether oxygens (including phenoxy) is 1. The highest BCUT2D eigenvalue weighted by Gasteiger charge is 2.48. The van der Waals surface area contributed by atoms with Crippen molar-refractivity contribution >= 4 is 36.8 Å². The summed E-state index contributed by atoms with van der Waals surface area (Å²) in [7, 11) is -8.68. The molecule has 29 heavy (non-hydrogen) atoms. The van der Waals surface area contributed by atoms with Gasteiger partial charge >= 0.3 is 21.6 Å². The summed E-state index contributed by atoms with van der Waals surface area (Å²) >= 11 is 0. The van der Waals surface area contributed by atoms with Gasteiger partial charge in [0.25, 0.3) is 0 Å². The summed E-state index contributed by atoms with van der Waals surface area (Å²) in [6, 6.07) is 3.32. The fourth-order valence-electron chi connectivity index (χ4n) is 3.36.